The number of ether oxygens (including phenoxy) is 6. The first-order chi connectivity index (χ1) is 10.4. The summed E-state index contributed by atoms with van der Waals surface area (Å²) < 4.78 is 30.6. The topological polar surface area (TPSA) is 55.4 Å². The molecular formula is C16H36O6. The normalized spacial score (nSPS) is 16.4. The lowest BCUT2D eigenvalue weighted by molar-refractivity contribution is -0.0386. The molecule has 0 bridgehead atoms. The van der Waals surface area contributed by atoms with Gasteiger partial charge in [-0.25, -0.2) is 0 Å². The highest BCUT2D eigenvalue weighted by Gasteiger charge is 2.05. The third kappa shape index (κ3) is 17.8. The van der Waals surface area contributed by atoms with Gasteiger partial charge in [0.15, 0.2) is 0 Å². The molecule has 0 aliphatic carbocycles. The minimum Gasteiger partial charge on any atom is -0.382 e. The molecular weight excluding hydrogens is 288 g/mol. The fourth-order valence-electron chi connectivity index (χ4n) is 1.30. The molecule has 0 saturated heterocycles. The van der Waals surface area contributed by atoms with Crippen LogP contribution in [0.3, 0.4) is 0 Å². The quantitative estimate of drug-likeness (QED) is 0.548. The van der Waals surface area contributed by atoms with Crippen molar-refractivity contribution < 1.29 is 28.4 Å². The van der Waals surface area contributed by atoms with E-state index in [4.69, 9.17) is 28.4 Å². The van der Waals surface area contributed by atoms with Crippen LogP contribution in [-0.2, 0) is 28.4 Å². The van der Waals surface area contributed by atoms with Crippen LogP contribution in [0.15, 0.2) is 0 Å². The molecule has 0 amide bonds. The lowest BCUT2D eigenvalue weighted by Crippen LogP contribution is -2.21. The second kappa shape index (κ2) is 17.1. The average Bonchev–Trinajstić information content (AvgIpc) is 2.51. The van der Waals surface area contributed by atoms with E-state index >= 15 is 0 Å². The lowest BCUT2D eigenvalue weighted by atomic mass is 10.4. The molecule has 136 valence electrons. The minimum atomic E-state index is 0.151. The zero-order valence-corrected chi connectivity index (χ0v) is 15.6. The molecule has 4 atom stereocenters. The van der Waals surface area contributed by atoms with Crippen molar-refractivity contribution in [1.29, 1.82) is 0 Å². The Bertz CT molecular complexity index is 193. The zero-order chi connectivity index (χ0) is 17.4. The maximum atomic E-state index is 5.39. The monoisotopic (exact) mass is 324 g/mol. The Kier molecular flexibility index (Phi) is 18.7. The summed E-state index contributed by atoms with van der Waals surface area (Å²) in [4.78, 5) is 0. The van der Waals surface area contributed by atoms with E-state index in [1.54, 1.807) is 28.4 Å². The van der Waals surface area contributed by atoms with Crippen LogP contribution >= 0.6 is 0 Å². The molecule has 0 saturated carbocycles. The van der Waals surface area contributed by atoms with Crippen LogP contribution in [0, 0.1) is 0 Å². The first kappa shape index (κ1) is 24.0. The number of hydrogen-bond donors (Lipinski definition) is 0. The first-order valence-electron chi connectivity index (χ1n) is 7.67. The van der Waals surface area contributed by atoms with Gasteiger partial charge in [-0.15, -0.1) is 0 Å². The molecule has 0 aromatic rings. The SMILES string of the molecule is COCC(C)OCC(C)OC.COCC(C)OCC(C)OC. The second-order valence-electron chi connectivity index (χ2n) is 5.29. The van der Waals surface area contributed by atoms with Gasteiger partial charge in [0.25, 0.3) is 0 Å². The van der Waals surface area contributed by atoms with E-state index in [1.165, 1.54) is 0 Å². The van der Waals surface area contributed by atoms with Crippen molar-refractivity contribution in [2.75, 3.05) is 54.9 Å². The van der Waals surface area contributed by atoms with Crippen molar-refractivity contribution in [1.82, 2.24) is 0 Å². The van der Waals surface area contributed by atoms with Gasteiger partial charge in [-0.1, -0.05) is 0 Å². The Morgan fingerprint density at radius 2 is 0.818 bits per heavy atom. The molecule has 0 aliphatic heterocycles. The average molecular weight is 324 g/mol. The Morgan fingerprint density at radius 3 is 1.05 bits per heavy atom. The summed E-state index contributed by atoms with van der Waals surface area (Å²) in [7, 11) is 6.68. The molecule has 22 heavy (non-hydrogen) atoms. The summed E-state index contributed by atoms with van der Waals surface area (Å²) in [6, 6.07) is 0. The van der Waals surface area contributed by atoms with Crippen molar-refractivity contribution in [2.45, 2.75) is 52.1 Å². The first-order valence-corrected chi connectivity index (χ1v) is 7.67. The Labute approximate surface area is 136 Å². The van der Waals surface area contributed by atoms with Gasteiger partial charge in [0.05, 0.1) is 50.8 Å². The van der Waals surface area contributed by atoms with Gasteiger partial charge in [0.1, 0.15) is 0 Å². The Hall–Kier alpha value is -0.240. The second-order valence-corrected chi connectivity index (χ2v) is 5.29. The van der Waals surface area contributed by atoms with Gasteiger partial charge in [-0.3, -0.25) is 0 Å². The van der Waals surface area contributed by atoms with Crippen LogP contribution in [0.25, 0.3) is 0 Å². The number of hydrogen-bond acceptors (Lipinski definition) is 6. The minimum absolute atomic E-state index is 0.151. The van der Waals surface area contributed by atoms with E-state index in [2.05, 4.69) is 0 Å². The van der Waals surface area contributed by atoms with Gasteiger partial charge in [-0.2, -0.15) is 0 Å². The third-order valence-electron chi connectivity index (χ3n) is 2.84. The highest BCUT2D eigenvalue weighted by Crippen LogP contribution is 1.96. The maximum Gasteiger partial charge on any atom is 0.0781 e. The number of rotatable bonds is 12. The fourth-order valence-corrected chi connectivity index (χ4v) is 1.30. The summed E-state index contributed by atoms with van der Waals surface area (Å²) in [5, 5.41) is 0. The molecule has 0 rings (SSSR count). The van der Waals surface area contributed by atoms with Crippen LogP contribution in [0.1, 0.15) is 27.7 Å². The van der Waals surface area contributed by atoms with Crippen molar-refractivity contribution in [3.05, 3.63) is 0 Å². The highest BCUT2D eigenvalue weighted by atomic mass is 16.6. The Balaban J connectivity index is 0. The Morgan fingerprint density at radius 1 is 0.500 bits per heavy atom. The highest BCUT2D eigenvalue weighted by molar-refractivity contribution is 4.51. The molecule has 6 nitrogen and oxygen atoms in total. The van der Waals surface area contributed by atoms with Crippen LogP contribution in [0.4, 0.5) is 0 Å². The van der Waals surface area contributed by atoms with Crippen LogP contribution in [0.5, 0.6) is 0 Å². The van der Waals surface area contributed by atoms with E-state index in [-0.39, 0.29) is 24.4 Å². The smallest absolute Gasteiger partial charge is 0.0781 e. The van der Waals surface area contributed by atoms with Crippen molar-refractivity contribution in [3.63, 3.8) is 0 Å². The predicted octanol–water partition coefficient (Wildman–Crippen LogP) is 2.15. The largest absolute Gasteiger partial charge is 0.382 e. The molecule has 0 N–H and O–H groups in total. The standard InChI is InChI=1S/2C8H18O3/c2*1-7(10-4)6-11-8(2)5-9-3/h2*7-8H,5-6H2,1-4H3. The van der Waals surface area contributed by atoms with E-state index < -0.39 is 0 Å². The molecule has 0 heterocycles. The summed E-state index contributed by atoms with van der Waals surface area (Å²) in [6.45, 7) is 10.4. The molecule has 4 unspecified atom stereocenters. The summed E-state index contributed by atoms with van der Waals surface area (Å²) in [5.74, 6) is 0. The fraction of sp³-hybridized carbons (Fsp3) is 1.00. The van der Waals surface area contributed by atoms with Gasteiger partial charge < -0.3 is 28.4 Å². The van der Waals surface area contributed by atoms with Gasteiger partial charge in [0.2, 0.25) is 0 Å². The third-order valence-corrected chi connectivity index (χ3v) is 2.84. The molecule has 0 fully saturated rings. The van der Waals surface area contributed by atoms with Gasteiger partial charge in [-0.05, 0) is 27.7 Å². The van der Waals surface area contributed by atoms with Crippen LogP contribution in [-0.4, -0.2) is 79.3 Å². The van der Waals surface area contributed by atoms with E-state index in [0.29, 0.717) is 26.4 Å². The van der Waals surface area contributed by atoms with Crippen molar-refractivity contribution in [3.8, 4) is 0 Å². The van der Waals surface area contributed by atoms with Crippen molar-refractivity contribution in [2.24, 2.45) is 0 Å². The van der Waals surface area contributed by atoms with Gasteiger partial charge in [0, 0.05) is 28.4 Å². The van der Waals surface area contributed by atoms with E-state index in [1.807, 2.05) is 27.7 Å². The molecule has 0 aromatic heterocycles. The molecule has 0 radical (unpaired) electrons. The van der Waals surface area contributed by atoms with Crippen molar-refractivity contribution >= 4 is 0 Å². The predicted molar refractivity (Wildman–Crippen MR) is 87.5 cm³/mol. The lowest BCUT2D eigenvalue weighted by Gasteiger charge is -2.14. The van der Waals surface area contributed by atoms with Crippen LogP contribution < -0.4 is 0 Å². The summed E-state index contributed by atoms with van der Waals surface area (Å²) >= 11 is 0. The van der Waals surface area contributed by atoms with E-state index in [9.17, 15) is 0 Å². The van der Waals surface area contributed by atoms with E-state index in [0.717, 1.165) is 0 Å². The molecule has 0 aromatic carbocycles. The summed E-state index contributed by atoms with van der Waals surface area (Å²) in [6.07, 6.45) is 0.624. The van der Waals surface area contributed by atoms with Gasteiger partial charge >= 0.3 is 0 Å². The molecule has 0 aliphatic rings. The number of methoxy groups -OCH3 is 4. The van der Waals surface area contributed by atoms with Crippen LogP contribution in [0.2, 0.25) is 0 Å². The zero-order valence-electron chi connectivity index (χ0n) is 15.6. The summed E-state index contributed by atoms with van der Waals surface area (Å²) in [5.41, 5.74) is 0. The maximum absolute atomic E-state index is 5.39. The molecule has 6 heteroatoms. The molecule has 0 spiro atoms.